The van der Waals surface area contributed by atoms with Gasteiger partial charge in [-0.2, -0.15) is 13.2 Å². The van der Waals surface area contributed by atoms with Gasteiger partial charge in [0.15, 0.2) is 0 Å². The van der Waals surface area contributed by atoms with Crippen LogP contribution in [0.3, 0.4) is 0 Å². The molecule has 2 unspecified atom stereocenters. The molecule has 2 aliphatic rings. The molecule has 0 radical (unpaired) electrons. The van der Waals surface area contributed by atoms with Crippen LogP contribution in [0.1, 0.15) is 17.7 Å². The fourth-order valence-corrected chi connectivity index (χ4v) is 2.25. The minimum Gasteiger partial charge on any atom is -0.378 e. The number of rotatable bonds is 1. The largest absolute Gasteiger partial charge is 0.417 e. The van der Waals surface area contributed by atoms with Crippen LogP contribution in [0, 0.1) is 5.82 Å². The molecule has 0 amide bonds. The summed E-state index contributed by atoms with van der Waals surface area (Å²) in [6, 6.07) is 0.464. The first kappa shape index (κ1) is 11.9. The van der Waals surface area contributed by atoms with Crippen molar-refractivity contribution in [2.24, 2.45) is 0 Å². The number of aromatic nitrogens is 1. The van der Waals surface area contributed by atoms with Crippen LogP contribution in [0.25, 0.3) is 0 Å². The van der Waals surface area contributed by atoms with E-state index in [4.69, 9.17) is 9.47 Å². The van der Waals surface area contributed by atoms with Gasteiger partial charge in [0.05, 0.1) is 12.2 Å². The summed E-state index contributed by atoms with van der Waals surface area (Å²) in [4.78, 5) is 3.61. The molecule has 0 aliphatic carbocycles. The smallest absolute Gasteiger partial charge is 0.378 e. The minimum atomic E-state index is -4.59. The second-order valence-corrected chi connectivity index (χ2v) is 4.37. The van der Waals surface area contributed by atoms with E-state index in [2.05, 4.69) is 4.98 Å². The summed E-state index contributed by atoms with van der Waals surface area (Å²) >= 11 is 0. The van der Waals surface area contributed by atoms with Gasteiger partial charge >= 0.3 is 6.18 Å². The van der Waals surface area contributed by atoms with Gasteiger partial charge in [-0.1, -0.05) is 0 Å². The summed E-state index contributed by atoms with van der Waals surface area (Å²) in [6.07, 6.45) is -3.84. The topological polar surface area (TPSA) is 34.6 Å². The van der Waals surface area contributed by atoms with Gasteiger partial charge in [-0.15, -0.1) is 0 Å². The second kappa shape index (κ2) is 3.64. The predicted molar refractivity (Wildman–Crippen MR) is 51.2 cm³/mol. The Morgan fingerprint density at radius 2 is 2.17 bits per heavy atom. The lowest BCUT2D eigenvalue weighted by Crippen LogP contribution is -2.27. The fourth-order valence-electron chi connectivity index (χ4n) is 2.25. The maximum absolute atomic E-state index is 13.8. The van der Waals surface area contributed by atoms with Gasteiger partial charge in [0.2, 0.25) is 0 Å². The van der Waals surface area contributed by atoms with Crippen molar-refractivity contribution in [1.29, 1.82) is 0 Å². The molecular weight excluding hydrogens is 254 g/mol. The van der Waals surface area contributed by atoms with Crippen molar-refractivity contribution in [2.75, 3.05) is 13.2 Å². The van der Waals surface area contributed by atoms with E-state index in [9.17, 15) is 17.6 Å². The molecule has 0 bridgehead atoms. The number of fused-ring (bicyclic) bond motifs is 1. The van der Waals surface area contributed by atoms with E-state index in [1.54, 1.807) is 0 Å². The third-order valence-corrected chi connectivity index (χ3v) is 3.27. The van der Waals surface area contributed by atoms with Crippen molar-refractivity contribution in [1.82, 2.24) is 4.98 Å². The van der Waals surface area contributed by atoms with E-state index >= 15 is 0 Å². The van der Waals surface area contributed by atoms with E-state index in [0.29, 0.717) is 31.9 Å². The Morgan fingerprint density at radius 1 is 1.39 bits per heavy atom. The Hall–Kier alpha value is -1.21. The maximum Gasteiger partial charge on any atom is 0.417 e. The van der Waals surface area contributed by atoms with Crippen LogP contribution in [0.2, 0.25) is 0 Å². The predicted octanol–water partition coefficient (Wildman–Crippen LogP) is 2.25. The van der Waals surface area contributed by atoms with Crippen LogP contribution in [0.15, 0.2) is 12.3 Å². The zero-order valence-corrected chi connectivity index (χ0v) is 9.13. The zero-order chi connectivity index (χ0) is 13.0. The summed E-state index contributed by atoms with van der Waals surface area (Å²) in [5, 5.41) is 0. The lowest BCUT2D eigenvalue weighted by atomic mass is 9.94. The van der Waals surface area contributed by atoms with Gasteiger partial charge in [0, 0.05) is 19.2 Å². The number of epoxide rings is 1. The van der Waals surface area contributed by atoms with Crippen molar-refractivity contribution in [2.45, 2.75) is 24.3 Å². The minimum absolute atomic E-state index is 0.0520. The molecule has 3 heterocycles. The normalized spacial score (nSPS) is 31.0. The lowest BCUT2D eigenvalue weighted by Gasteiger charge is -2.18. The number of nitrogens with zero attached hydrogens (tertiary/aromatic N) is 1. The average molecular weight is 263 g/mol. The summed E-state index contributed by atoms with van der Waals surface area (Å²) < 4.78 is 61.4. The molecule has 98 valence electrons. The molecule has 2 saturated heterocycles. The van der Waals surface area contributed by atoms with Crippen LogP contribution in [0.5, 0.6) is 0 Å². The van der Waals surface area contributed by atoms with E-state index in [-0.39, 0.29) is 11.8 Å². The molecule has 0 spiro atoms. The molecule has 2 aliphatic heterocycles. The highest BCUT2D eigenvalue weighted by Crippen LogP contribution is 2.51. The first-order valence-corrected chi connectivity index (χ1v) is 5.42. The number of alkyl halides is 3. The average Bonchev–Trinajstić information content (AvgIpc) is 3.02. The molecule has 1 aromatic heterocycles. The second-order valence-electron chi connectivity index (χ2n) is 4.37. The van der Waals surface area contributed by atoms with E-state index in [0.717, 1.165) is 0 Å². The number of ether oxygens (including phenoxy) is 2. The fraction of sp³-hybridized carbons (Fsp3) is 0.545. The number of halogens is 4. The molecule has 18 heavy (non-hydrogen) atoms. The van der Waals surface area contributed by atoms with Crippen LogP contribution < -0.4 is 0 Å². The molecule has 1 aromatic rings. The molecule has 7 heteroatoms. The highest BCUT2D eigenvalue weighted by atomic mass is 19.4. The van der Waals surface area contributed by atoms with E-state index < -0.39 is 23.2 Å². The van der Waals surface area contributed by atoms with Crippen molar-refractivity contribution in [3.8, 4) is 0 Å². The van der Waals surface area contributed by atoms with Crippen molar-refractivity contribution >= 4 is 0 Å². The van der Waals surface area contributed by atoms with Crippen molar-refractivity contribution in [3.05, 3.63) is 29.3 Å². The molecule has 3 nitrogen and oxygen atoms in total. The van der Waals surface area contributed by atoms with Gasteiger partial charge in [-0.3, -0.25) is 4.98 Å². The van der Waals surface area contributed by atoms with Gasteiger partial charge < -0.3 is 9.47 Å². The highest BCUT2D eigenvalue weighted by molar-refractivity contribution is 5.28. The summed E-state index contributed by atoms with van der Waals surface area (Å²) in [5.41, 5.74) is -2.03. The molecule has 0 N–H and O–H groups in total. The van der Waals surface area contributed by atoms with Gasteiger partial charge in [0.1, 0.15) is 23.2 Å². The number of pyridine rings is 1. The Morgan fingerprint density at radius 3 is 2.78 bits per heavy atom. The monoisotopic (exact) mass is 263 g/mol. The van der Waals surface area contributed by atoms with Crippen molar-refractivity contribution in [3.63, 3.8) is 0 Å². The highest BCUT2D eigenvalue weighted by Gasteiger charge is 2.61. The Labute approximate surface area is 99.7 Å². The number of hydrogen-bond acceptors (Lipinski definition) is 3. The standard InChI is InChI=1S/C11H9F4NO2/c12-7-3-6(11(13,14)15)4-16-9(7)10-1-2-17-5-8(10)18-10/h3-4,8H,1-2,5H2. The van der Waals surface area contributed by atoms with Crippen LogP contribution >= 0.6 is 0 Å². The van der Waals surface area contributed by atoms with Crippen LogP contribution in [-0.4, -0.2) is 24.3 Å². The van der Waals surface area contributed by atoms with E-state index in [1.807, 2.05) is 0 Å². The van der Waals surface area contributed by atoms with Crippen LogP contribution in [-0.2, 0) is 21.3 Å². The van der Waals surface area contributed by atoms with Crippen molar-refractivity contribution < 1.29 is 27.0 Å². The third-order valence-electron chi connectivity index (χ3n) is 3.27. The first-order chi connectivity index (χ1) is 8.43. The summed E-state index contributed by atoms with van der Waals surface area (Å²) in [6.45, 7) is 0.709. The third kappa shape index (κ3) is 1.69. The molecule has 0 aromatic carbocycles. The van der Waals surface area contributed by atoms with Gasteiger partial charge in [0.25, 0.3) is 0 Å². The molecule has 2 fully saturated rings. The SMILES string of the molecule is Fc1cc(C(F)(F)F)cnc1C12CCOCC1O2. The number of hydrogen-bond donors (Lipinski definition) is 0. The first-order valence-electron chi connectivity index (χ1n) is 5.42. The van der Waals surface area contributed by atoms with Gasteiger partial charge in [-0.25, -0.2) is 4.39 Å². The van der Waals surface area contributed by atoms with Gasteiger partial charge in [-0.05, 0) is 6.07 Å². The lowest BCUT2D eigenvalue weighted by molar-refractivity contribution is -0.138. The quantitative estimate of drug-likeness (QED) is 0.575. The summed E-state index contributed by atoms with van der Waals surface area (Å²) in [7, 11) is 0. The summed E-state index contributed by atoms with van der Waals surface area (Å²) in [5.74, 6) is -0.978. The Balaban J connectivity index is 1.95. The molecule has 0 saturated carbocycles. The zero-order valence-electron chi connectivity index (χ0n) is 9.13. The molecular formula is C11H9F4NO2. The Kier molecular flexibility index (Phi) is 2.40. The maximum atomic E-state index is 13.8. The van der Waals surface area contributed by atoms with Crippen LogP contribution in [0.4, 0.5) is 17.6 Å². The Bertz CT molecular complexity index is 490. The molecule has 2 atom stereocenters. The molecule has 3 rings (SSSR count). The van der Waals surface area contributed by atoms with E-state index in [1.165, 1.54) is 0 Å².